The zero-order chi connectivity index (χ0) is 20.3. The van der Waals surface area contributed by atoms with Gasteiger partial charge < -0.3 is 9.47 Å². The van der Waals surface area contributed by atoms with Crippen LogP contribution in [0.15, 0.2) is 48.5 Å². The van der Waals surface area contributed by atoms with Gasteiger partial charge in [0.15, 0.2) is 11.5 Å². The topological polar surface area (TPSA) is 34.6 Å². The third kappa shape index (κ3) is 3.93. The van der Waals surface area contributed by atoms with Crippen LogP contribution in [0.4, 0.5) is 0 Å². The Kier molecular flexibility index (Phi) is 5.91. The van der Waals surface area contributed by atoms with Crippen LogP contribution < -0.4 is 9.47 Å². The molecule has 3 heterocycles. The Balaban J connectivity index is 1.13. The molecule has 0 radical (unpaired) electrons. The first-order valence-electron chi connectivity index (χ1n) is 11.2. The molecule has 1 aromatic heterocycles. The van der Waals surface area contributed by atoms with Crippen molar-refractivity contribution in [2.75, 3.05) is 20.3 Å². The molecule has 5 rings (SSSR count). The molecule has 2 atom stereocenters. The predicted molar refractivity (Wildman–Crippen MR) is 123 cm³/mol. The summed E-state index contributed by atoms with van der Waals surface area (Å²) >= 11 is 1.66. The van der Waals surface area contributed by atoms with Crippen molar-refractivity contribution in [2.45, 2.75) is 56.5 Å². The number of unbranched alkanes of at least 4 members (excludes halogenated alkanes) is 1. The summed E-state index contributed by atoms with van der Waals surface area (Å²) in [6, 6.07) is 18.1. The van der Waals surface area contributed by atoms with E-state index in [4.69, 9.17) is 13.8 Å². The van der Waals surface area contributed by atoms with Crippen LogP contribution in [0.1, 0.15) is 50.1 Å². The van der Waals surface area contributed by atoms with E-state index in [0.29, 0.717) is 5.92 Å². The molecule has 2 unspecified atom stereocenters. The lowest BCUT2D eigenvalue weighted by atomic mass is 9.86. The van der Waals surface area contributed by atoms with E-state index in [9.17, 15) is 0 Å². The molecule has 2 fully saturated rings. The van der Waals surface area contributed by atoms with E-state index in [1.165, 1.54) is 54.4 Å². The third-order valence-corrected chi connectivity index (χ3v) is 7.65. The number of piperidine rings is 1. The van der Waals surface area contributed by atoms with Crippen molar-refractivity contribution in [1.82, 2.24) is 9.27 Å². The standard InChI is InChI=1S/C25H30N2O2S/c1-28-22-9-3-4-10-23(22)29-15-7-6-14-27-19-12-13-20(27)17-18(16-19)25-21-8-2-5-11-24(21)30-26-25/h2-5,8-11,18-20H,6-7,12-17H2,1H3. The average molecular weight is 423 g/mol. The molecule has 0 saturated carbocycles. The fourth-order valence-corrected chi connectivity index (χ4v) is 6.23. The van der Waals surface area contributed by atoms with Gasteiger partial charge in [0, 0.05) is 23.4 Å². The van der Waals surface area contributed by atoms with Crippen molar-refractivity contribution in [3.8, 4) is 11.5 Å². The van der Waals surface area contributed by atoms with Crippen molar-refractivity contribution in [3.63, 3.8) is 0 Å². The Hall–Kier alpha value is -2.11. The second-order valence-electron chi connectivity index (χ2n) is 8.56. The fourth-order valence-electron chi connectivity index (χ4n) is 5.38. The number of methoxy groups -OCH3 is 1. The lowest BCUT2D eigenvalue weighted by molar-refractivity contribution is 0.121. The van der Waals surface area contributed by atoms with Crippen LogP contribution in [0.25, 0.3) is 10.1 Å². The summed E-state index contributed by atoms with van der Waals surface area (Å²) in [7, 11) is 1.69. The SMILES string of the molecule is COc1ccccc1OCCCCN1C2CCC1CC(c1nsc3ccccc13)C2. The quantitative estimate of drug-likeness (QED) is 0.425. The maximum atomic E-state index is 5.94. The molecule has 4 nitrogen and oxygen atoms in total. The van der Waals surface area contributed by atoms with Crippen molar-refractivity contribution >= 4 is 21.6 Å². The Morgan fingerprint density at radius 1 is 0.967 bits per heavy atom. The number of ether oxygens (including phenoxy) is 2. The summed E-state index contributed by atoms with van der Waals surface area (Å²) in [5.41, 5.74) is 1.36. The van der Waals surface area contributed by atoms with E-state index < -0.39 is 0 Å². The van der Waals surface area contributed by atoms with Crippen LogP contribution in [-0.2, 0) is 0 Å². The van der Waals surface area contributed by atoms with Crippen molar-refractivity contribution in [3.05, 3.63) is 54.2 Å². The van der Waals surface area contributed by atoms with E-state index in [0.717, 1.165) is 36.6 Å². The Bertz CT molecular complexity index is 974. The normalized spacial score (nSPS) is 23.7. The maximum Gasteiger partial charge on any atom is 0.161 e. The summed E-state index contributed by atoms with van der Waals surface area (Å²) in [6.07, 6.45) is 7.49. The van der Waals surface area contributed by atoms with Crippen molar-refractivity contribution < 1.29 is 9.47 Å². The zero-order valence-corrected chi connectivity index (χ0v) is 18.4. The molecule has 3 aromatic rings. The van der Waals surface area contributed by atoms with Gasteiger partial charge in [-0.1, -0.05) is 30.3 Å². The van der Waals surface area contributed by atoms with Crippen LogP contribution in [0.2, 0.25) is 0 Å². The summed E-state index contributed by atoms with van der Waals surface area (Å²) in [6.45, 7) is 1.94. The van der Waals surface area contributed by atoms with E-state index in [2.05, 4.69) is 29.2 Å². The van der Waals surface area contributed by atoms with Crippen LogP contribution in [0, 0.1) is 0 Å². The van der Waals surface area contributed by atoms with Crippen LogP contribution >= 0.6 is 11.5 Å². The molecular weight excluding hydrogens is 392 g/mol. The number of hydrogen-bond acceptors (Lipinski definition) is 5. The summed E-state index contributed by atoms with van der Waals surface area (Å²) < 4.78 is 17.5. The first kappa shape index (κ1) is 19.8. The average Bonchev–Trinajstić information content (AvgIpc) is 3.31. The van der Waals surface area contributed by atoms with E-state index >= 15 is 0 Å². The van der Waals surface area contributed by atoms with Gasteiger partial charge in [-0.25, -0.2) is 0 Å². The highest BCUT2D eigenvalue weighted by Gasteiger charge is 2.41. The van der Waals surface area contributed by atoms with Gasteiger partial charge in [0.05, 0.1) is 24.1 Å². The fraction of sp³-hybridized carbons (Fsp3) is 0.480. The smallest absolute Gasteiger partial charge is 0.161 e. The van der Waals surface area contributed by atoms with Crippen molar-refractivity contribution in [1.29, 1.82) is 0 Å². The molecule has 158 valence electrons. The van der Waals surface area contributed by atoms with Gasteiger partial charge in [-0.05, 0) is 74.8 Å². The monoisotopic (exact) mass is 422 g/mol. The molecule has 30 heavy (non-hydrogen) atoms. The third-order valence-electron chi connectivity index (χ3n) is 6.81. The van der Waals surface area contributed by atoms with Crippen LogP contribution in [0.3, 0.4) is 0 Å². The number of benzene rings is 2. The van der Waals surface area contributed by atoms with Crippen LogP contribution in [0.5, 0.6) is 11.5 Å². The van der Waals surface area contributed by atoms with Gasteiger partial charge >= 0.3 is 0 Å². The largest absolute Gasteiger partial charge is 0.493 e. The van der Waals surface area contributed by atoms with E-state index in [1.54, 1.807) is 18.6 Å². The van der Waals surface area contributed by atoms with E-state index in [1.807, 2.05) is 24.3 Å². The van der Waals surface area contributed by atoms with Gasteiger partial charge in [0.25, 0.3) is 0 Å². The molecule has 0 amide bonds. The zero-order valence-electron chi connectivity index (χ0n) is 17.6. The number of hydrogen-bond donors (Lipinski definition) is 0. The summed E-state index contributed by atoms with van der Waals surface area (Å²) in [4.78, 5) is 2.79. The molecule has 2 aromatic carbocycles. The predicted octanol–water partition coefficient (Wildman–Crippen LogP) is 5.87. The number of rotatable bonds is 8. The van der Waals surface area contributed by atoms with Gasteiger partial charge in [0.1, 0.15) is 0 Å². The van der Waals surface area contributed by atoms with Crippen molar-refractivity contribution in [2.24, 2.45) is 0 Å². The van der Waals surface area contributed by atoms with Gasteiger partial charge in [-0.3, -0.25) is 4.90 Å². The Morgan fingerprint density at radius 3 is 2.50 bits per heavy atom. The number of nitrogens with zero attached hydrogens (tertiary/aromatic N) is 2. The minimum Gasteiger partial charge on any atom is -0.493 e. The van der Waals surface area contributed by atoms with Crippen LogP contribution in [-0.4, -0.2) is 41.6 Å². The molecule has 2 aliphatic heterocycles. The molecule has 2 bridgehead atoms. The molecule has 0 aliphatic carbocycles. The molecular formula is C25H30N2O2S. The first-order chi connectivity index (χ1) is 14.8. The summed E-state index contributed by atoms with van der Waals surface area (Å²) in [5, 5.41) is 1.38. The maximum absolute atomic E-state index is 5.94. The van der Waals surface area contributed by atoms with Gasteiger partial charge in [0.2, 0.25) is 0 Å². The Labute approximate surface area is 183 Å². The Morgan fingerprint density at radius 2 is 1.70 bits per heavy atom. The van der Waals surface area contributed by atoms with Gasteiger partial charge in [-0.15, -0.1) is 0 Å². The van der Waals surface area contributed by atoms with Gasteiger partial charge in [-0.2, -0.15) is 4.37 Å². The lowest BCUT2D eigenvalue weighted by Crippen LogP contribution is -2.42. The highest BCUT2D eigenvalue weighted by Crippen LogP contribution is 2.44. The summed E-state index contributed by atoms with van der Waals surface area (Å²) in [5.74, 6) is 2.28. The molecule has 2 saturated heterocycles. The second-order valence-corrected chi connectivity index (χ2v) is 9.37. The molecule has 2 aliphatic rings. The molecule has 5 heteroatoms. The van der Waals surface area contributed by atoms with E-state index in [-0.39, 0.29) is 0 Å². The molecule has 0 N–H and O–H groups in total. The minimum atomic E-state index is 0.628. The number of aromatic nitrogens is 1. The first-order valence-corrected chi connectivity index (χ1v) is 12.0. The lowest BCUT2D eigenvalue weighted by Gasteiger charge is -2.38. The highest BCUT2D eigenvalue weighted by molar-refractivity contribution is 7.13. The number of para-hydroxylation sites is 2. The molecule has 0 spiro atoms. The highest BCUT2D eigenvalue weighted by atomic mass is 32.1. The second kappa shape index (κ2) is 8.94. The number of fused-ring (bicyclic) bond motifs is 3. The minimum absolute atomic E-state index is 0.628.